The zero-order valence-electron chi connectivity index (χ0n) is 14.6. The molecular weight excluding hydrogens is 348 g/mol. The van der Waals surface area contributed by atoms with Gasteiger partial charge in [-0.25, -0.2) is 0 Å². The second-order valence-corrected chi connectivity index (χ2v) is 5.52. The zero-order chi connectivity index (χ0) is 19.9. The van der Waals surface area contributed by atoms with Crippen molar-refractivity contribution in [2.24, 2.45) is 5.92 Å². The first kappa shape index (κ1) is 20.8. The van der Waals surface area contributed by atoms with Crippen molar-refractivity contribution in [3.8, 4) is 0 Å². The van der Waals surface area contributed by atoms with Gasteiger partial charge in [0.1, 0.15) is 18.3 Å². The molecule has 0 bridgehead atoms. The van der Waals surface area contributed by atoms with Gasteiger partial charge >= 0.3 is 5.97 Å². The number of methoxy groups -OCH3 is 1. The molecule has 1 rings (SSSR count). The number of rotatable bonds is 9. The first-order chi connectivity index (χ1) is 12.2. The topological polar surface area (TPSA) is 154 Å². The molecule has 11 heteroatoms. The van der Waals surface area contributed by atoms with Crippen molar-refractivity contribution in [2.75, 3.05) is 19.0 Å². The Hall–Kier alpha value is -3.24. The van der Waals surface area contributed by atoms with E-state index in [0.717, 1.165) is 12.1 Å². The summed E-state index contributed by atoms with van der Waals surface area (Å²) in [7, 11) is 1.18. The molecule has 11 nitrogen and oxygen atoms in total. The second kappa shape index (κ2) is 9.30. The number of hydrogen-bond donors (Lipinski definition) is 2. The lowest BCUT2D eigenvalue weighted by molar-refractivity contribution is -0.393. The van der Waals surface area contributed by atoms with Crippen LogP contribution < -0.4 is 10.6 Å². The molecule has 142 valence electrons. The molecule has 0 spiro atoms. The Kier molecular flexibility index (Phi) is 7.44. The van der Waals surface area contributed by atoms with Gasteiger partial charge in [-0.15, -0.1) is 0 Å². The maximum atomic E-state index is 12.4. The molecular formula is C15H20N4O7. The summed E-state index contributed by atoms with van der Waals surface area (Å²) >= 11 is 0. The lowest BCUT2D eigenvalue weighted by Gasteiger charge is -2.24. The minimum absolute atomic E-state index is 0.0286. The fraction of sp³-hybridized carbons (Fsp3) is 0.467. The van der Waals surface area contributed by atoms with Crippen molar-refractivity contribution >= 4 is 28.9 Å². The van der Waals surface area contributed by atoms with Gasteiger partial charge in [-0.3, -0.25) is 29.8 Å². The molecule has 26 heavy (non-hydrogen) atoms. The maximum Gasteiger partial charge on any atom is 0.325 e. The quantitative estimate of drug-likeness (QED) is 0.378. The largest absolute Gasteiger partial charge is 0.468 e. The van der Waals surface area contributed by atoms with Gasteiger partial charge in [-0.2, -0.15) is 0 Å². The number of nitrogens with one attached hydrogen (secondary N) is 2. The number of ether oxygens (including phenoxy) is 1. The van der Waals surface area contributed by atoms with Gasteiger partial charge in [0, 0.05) is 6.07 Å². The molecule has 0 radical (unpaired) electrons. The smallest absolute Gasteiger partial charge is 0.325 e. The summed E-state index contributed by atoms with van der Waals surface area (Å²) in [6.07, 6.45) is 0.574. The number of hydrogen-bond acceptors (Lipinski definition) is 8. The number of non-ortho nitro benzene ring substituents is 1. The van der Waals surface area contributed by atoms with Crippen molar-refractivity contribution in [3.63, 3.8) is 0 Å². The highest BCUT2D eigenvalue weighted by Gasteiger charge is 2.28. The normalized spacial score (nSPS) is 12.6. The van der Waals surface area contributed by atoms with Gasteiger partial charge in [-0.05, 0) is 12.0 Å². The van der Waals surface area contributed by atoms with E-state index in [1.54, 1.807) is 6.92 Å². The first-order valence-electron chi connectivity index (χ1n) is 7.75. The first-order valence-corrected chi connectivity index (χ1v) is 7.75. The van der Waals surface area contributed by atoms with E-state index in [1.165, 1.54) is 13.2 Å². The average Bonchev–Trinajstić information content (AvgIpc) is 2.62. The summed E-state index contributed by atoms with van der Waals surface area (Å²) in [6.45, 7) is 3.25. The van der Waals surface area contributed by atoms with Crippen LogP contribution in [0.3, 0.4) is 0 Å². The number of anilines is 1. The standard InChI is InChI=1S/C15H20N4O7/c1-4-9(2)14(15(21)16-8-13(20)26-3)17-11-6-5-10(18(22)23)7-12(11)19(24)25/h5-7,9,14,17H,4,8H2,1-3H3,(H,16,21). The zero-order valence-corrected chi connectivity index (χ0v) is 14.6. The fourth-order valence-electron chi connectivity index (χ4n) is 2.12. The molecule has 1 amide bonds. The molecule has 0 saturated heterocycles. The molecule has 0 aromatic heterocycles. The summed E-state index contributed by atoms with van der Waals surface area (Å²) in [5, 5.41) is 27.2. The summed E-state index contributed by atoms with van der Waals surface area (Å²) in [5.41, 5.74) is -0.982. The number of amides is 1. The Morgan fingerprint density at radius 1 is 1.23 bits per heavy atom. The molecule has 1 aromatic rings. The number of carbonyl (C=O) groups is 2. The molecule has 0 fully saturated rings. The number of esters is 1. The Labute approximate surface area is 149 Å². The second-order valence-electron chi connectivity index (χ2n) is 5.52. The van der Waals surface area contributed by atoms with Gasteiger partial charge in [0.2, 0.25) is 5.91 Å². The van der Waals surface area contributed by atoms with Gasteiger partial charge in [-0.1, -0.05) is 20.3 Å². The van der Waals surface area contributed by atoms with E-state index in [4.69, 9.17) is 0 Å². The van der Waals surface area contributed by atoms with Crippen molar-refractivity contribution in [1.29, 1.82) is 0 Å². The van der Waals surface area contributed by atoms with Crippen LogP contribution in [0, 0.1) is 26.1 Å². The third-order valence-electron chi connectivity index (χ3n) is 3.83. The summed E-state index contributed by atoms with van der Waals surface area (Å²) in [5.74, 6) is -1.41. The van der Waals surface area contributed by atoms with Crippen molar-refractivity contribution in [2.45, 2.75) is 26.3 Å². The highest BCUT2D eigenvalue weighted by Crippen LogP contribution is 2.30. The fourth-order valence-corrected chi connectivity index (χ4v) is 2.12. The lowest BCUT2D eigenvalue weighted by Crippen LogP contribution is -2.45. The number of carbonyl (C=O) groups excluding carboxylic acids is 2. The van der Waals surface area contributed by atoms with Crippen LogP contribution in [0.1, 0.15) is 20.3 Å². The minimum atomic E-state index is -0.884. The molecule has 2 atom stereocenters. The van der Waals surface area contributed by atoms with E-state index in [2.05, 4.69) is 15.4 Å². The summed E-state index contributed by atoms with van der Waals surface area (Å²) < 4.78 is 4.44. The third kappa shape index (κ3) is 5.40. The Morgan fingerprint density at radius 3 is 2.38 bits per heavy atom. The average molecular weight is 368 g/mol. The monoisotopic (exact) mass is 368 g/mol. The third-order valence-corrected chi connectivity index (χ3v) is 3.83. The molecule has 0 saturated carbocycles. The van der Waals surface area contributed by atoms with Crippen molar-refractivity contribution < 1.29 is 24.2 Å². The van der Waals surface area contributed by atoms with Crippen molar-refractivity contribution in [1.82, 2.24) is 5.32 Å². The maximum absolute atomic E-state index is 12.4. The molecule has 0 aliphatic carbocycles. The van der Waals surface area contributed by atoms with Gasteiger partial charge in [0.05, 0.1) is 23.0 Å². The molecule has 2 N–H and O–H groups in total. The van der Waals surface area contributed by atoms with Crippen LogP contribution in [0.2, 0.25) is 0 Å². The Morgan fingerprint density at radius 2 is 1.88 bits per heavy atom. The van der Waals surface area contributed by atoms with Crippen LogP contribution in [0.25, 0.3) is 0 Å². The van der Waals surface area contributed by atoms with E-state index >= 15 is 0 Å². The van der Waals surface area contributed by atoms with Gasteiger partial charge in [0.25, 0.3) is 11.4 Å². The van der Waals surface area contributed by atoms with Crippen LogP contribution >= 0.6 is 0 Å². The molecule has 0 aliphatic heterocycles. The Bertz CT molecular complexity index is 707. The van der Waals surface area contributed by atoms with E-state index in [1.807, 2.05) is 6.92 Å². The Balaban J connectivity index is 3.11. The number of nitrogens with zero attached hydrogens (tertiary/aromatic N) is 2. The van der Waals surface area contributed by atoms with Crippen LogP contribution in [-0.4, -0.2) is 41.4 Å². The number of benzene rings is 1. The van der Waals surface area contributed by atoms with E-state index < -0.39 is 39.1 Å². The highest BCUT2D eigenvalue weighted by molar-refractivity contribution is 5.88. The molecule has 0 aliphatic rings. The number of nitro groups is 2. The SMILES string of the molecule is CCC(C)C(Nc1ccc([N+](=O)[O-])cc1[N+](=O)[O-])C(=O)NCC(=O)OC. The van der Waals surface area contributed by atoms with Crippen LogP contribution in [-0.2, 0) is 14.3 Å². The van der Waals surface area contributed by atoms with Gasteiger partial charge in [0.15, 0.2) is 0 Å². The minimum Gasteiger partial charge on any atom is -0.468 e. The van der Waals surface area contributed by atoms with Crippen LogP contribution in [0.4, 0.5) is 17.1 Å². The summed E-state index contributed by atoms with van der Waals surface area (Å²) in [4.78, 5) is 44.1. The van der Waals surface area contributed by atoms with E-state index in [9.17, 15) is 29.8 Å². The van der Waals surface area contributed by atoms with Gasteiger partial charge < -0.3 is 15.4 Å². The molecule has 1 aromatic carbocycles. The van der Waals surface area contributed by atoms with E-state index in [0.29, 0.717) is 6.42 Å². The summed E-state index contributed by atoms with van der Waals surface area (Å²) in [6, 6.07) is 2.22. The van der Waals surface area contributed by atoms with Crippen LogP contribution in [0.15, 0.2) is 18.2 Å². The lowest BCUT2D eigenvalue weighted by atomic mass is 9.97. The van der Waals surface area contributed by atoms with Crippen LogP contribution in [0.5, 0.6) is 0 Å². The molecule has 0 heterocycles. The van der Waals surface area contributed by atoms with E-state index in [-0.39, 0.29) is 18.2 Å². The number of nitro benzene ring substituents is 2. The molecule has 2 unspecified atom stereocenters. The predicted molar refractivity (Wildman–Crippen MR) is 91.6 cm³/mol. The predicted octanol–water partition coefficient (Wildman–Crippen LogP) is 1.62. The van der Waals surface area contributed by atoms with Crippen molar-refractivity contribution in [3.05, 3.63) is 38.4 Å². The highest BCUT2D eigenvalue weighted by atomic mass is 16.6.